The highest BCUT2D eigenvalue weighted by molar-refractivity contribution is 9.10. The van der Waals surface area contributed by atoms with Crippen LogP contribution in [0.4, 0.5) is 0 Å². The number of rotatable bonds is 6. The Morgan fingerprint density at radius 1 is 1.42 bits per heavy atom. The van der Waals surface area contributed by atoms with Crippen LogP contribution in [-0.2, 0) is 4.74 Å². The first-order chi connectivity index (χ1) is 9.29. The Morgan fingerprint density at radius 3 is 2.89 bits per heavy atom. The molecule has 1 unspecified atom stereocenters. The van der Waals surface area contributed by atoms with Crippen molar-refractivity contribution in [2.45, 2.75) is 30.7 Å². The summed E-state index contributed by atoms with van der Waals surface area (Å²) in [4.78, 5) is 1.34. The molecular formula is C15H22BrNOS. The molecule has 1 aliphatic heterocycles. The van der Waals surface area contributed by atoms with Crippen LogP contribution in [0, 0.1) is 5.92 Å². The van der Waals surface area contributed by atoms with E-state index < -0.39 is 0 Å². The Kier molecular flexibility index (Phi) is 6.71. The van der Waals surface area contributed by atoms with E-state index in [1.54, 1.807) is 0 Å². The summed E-state index contributed by atoms with van der Waals surface area (Å²) in [6, 6.07) is 9.14. The highest BCUT2D eigenvalue weighted by atomic mass is 79.9. The number of hydrogen-bond donors (Lipinski definition) is 1. The lowest BCUT2D eigenvalue weighted by Crippen LogP contribution is -2.40. The van der Waals surface area contributed by atoms with E-state index in [0.29, 0.717) is 6.04 Å². The third-order valence-corrected chi connectivity index (χ3v) is 5.13. The molecule has 1 aliphatic rings. The molecule has 0 amide bonds. The summed E-state index contributed by atoms with van der Waals surface area (Å²) in [6.45, 7) is 5.08. The van der Waals surface area contributed by atoms with E-state index >= 15 is 0 Å². The summed E-state index contributed by atoms with van der Waals surface area (Å²) in [5, 5.41) is 3.65. The lowest BCUT2D eigenvalue weighted by molar-refractivity contribution is 0.0568. The minimum atomic E-state index is 0.595. The molecule has 2 rings (SSSR count). The van der Waals surface area contributed by atoms with Gasteiger partial charge >= 0.3 is 0 Å². The smallest absolute Gasteiger partial charge is 0.0469 e. The van der Waals surface area contributed by atoms with Gasteiger partial charge in [-0.05, 0) is 43.5 Å². The van der Waals surface area contributed by atoms with Gasteiger partial charge in [-0.25, -0.2) is 0 Å². The van der Waals surface area contributed by atoms with Gasteiger partial charge in [-0.1, -0.05) is 28.9 Å². The molecule has 1 N–H and O–H groups in total. The van der Waals surface area contributed by atoms with Crippen molar-refractivity contribution in [1.82, 2.24) is 5.32 Å². The Hall–Kier alpha value is -0.0300. The van der Waals surface area contributed by atoms with Crippen molar-refractivity contribution < 1.29 is 4.74 Å². The van der Waals surface area contributed by atoms with Crippen LogP contribution in [0.15, 0.2) is 33.6 Å². The summed E-state index contributed by atoms with van der Waals surface area (Å²) in [5.74, 6) is 1.89. The van der Waals surface area contributed by atoms with E-state index in [9.17, 15) is 0 Å². The van der Waals surface area contributed by atoms with Crippen molar-refractivity contribution in [1.29, 1.82) is 0 Å². The Bertz CT molecular complexity index is 382. The number of nitrogens with one attached hydrogen (secondary N) is 1. The number of thioether (sulfide) groups is 1. The summed E-state index contributed by atoms with van der Waals surface area (Å²) in [6.07, 6.45) is 2.38. The van der Waals surface area contributed by atoms with Crippen LogP contribution >= 0.6 is 27.7 Å². The maximum Gasteiger partial charge on any atom is 0.0469 e. The summed E-state index contributed by atoms with van der Waals surface area (Å²) in [7, 11) is 0. The zero-order valence-corrected chi connectivity index (χ0v) is 13.8. The monoisotopic (exact) mass is 343 g/mol. The SMILES string of the molecule is CCNC(CSc1cccc(Br)c1)C1CCOCC1. The Labute approximate surface area is 128 Å². The molecule has 1 fully saturated rings. The van der Waals surface area contributed by atoms with Crippen molar-refractivity contribution in [2.24, 2.45) is 5.92 Å². The largest absolute Gasteiger partial charge is 0.381 e. The average molecular weight is 344 g/mol. The molecule has 1 saturated heterocycles. The maximum absolute atomic E-state index is 5.47. The van der Waals surface area contributed by atoms with Crippen LogP contribution in [0.1, 0.15) is 19.8 Å². The van der Waals surface area contributed by atoms with Gasteiger partial charge in [0.2, 0.25) is 0 Å². The minimum absolute atomic E-state index is 0.595. The number of halogens is 1. The maximum atomic E-state index is 5.47. The van der Waals surface area contributed by atoms with E-state index in [1.807, 2.05) is 11.8 Å². The van der Waals surface area contributed by atoms with Gasteiger partial charge in [0.15, 0.2) is 0 Å². The fourth-order valence-electron chi connectivity index (χ4n) is 2.48. The Morgan fingerprint density at radius 2 is 2.21 bits per heavy atom. The van der Waals surface area contributed by atoms with Crippen molar-refractivity contribution in [3.8, 4) is 0 Å². The third kappa shape index (κ3) is 5.10. The number of benzene rings is 1. The molecule has 0 aromatic heterocycles. The molecule has 106 valence electrons. The number of hydrogen-bond acceptors (Lipinski definition) is 3. The van der Waals surface area contributed by atoms with Crippen LogP contribution in [0.25, 0.3) is 0 Å². The lowest BCUT2D eigenvalue weighted by Gasteiger charge is -2.30. The standard InChI is InChI=1S/C15H22BrNOS/c1-2-17-15(12-6-8-18-9-7-12)11-19-14-5-3-4-13(16)10-14/h3-5,10,12,15,17H,2,6-9,11H2,1H3. The molecule has 1 atom stereocenters. The van der Waals surface area contributed by atoms with Gasteiger partial charge in [0.1, 0.15) is 0 Å². The third-order valence-electron chi connectivity index (χ3n) is 3.53. The van der Waals surface area contributed by atoms with Gasteiger partial charge in [0.05, 0.1) is 0 Å². The molecule has 4 heteroatoms. The average Bonchev–Trinajstić information content (AvgIpc) is 2.44. The molecule has 1 heterocycles. The van der Waals surface area contributed by atoms with Crippen molar-refractivity contribution in [2.75, 3.05) is 25.5 Å². The van der Waals surface area contributed by atoms with Gasteiger partial charge in [0, 0.05) is 34.4 Å². The van der Waals surface area contributed by atoms with Crippen LogP contribution in [0.5, 0.6) is 0 Å². The summed E-state index contributed by atoms with van der Waals surface area (Å²) in [5.41, 5.74) is 0. The van der Waals surface area contributed by atoms with E-state index in [-0.39, 0.29) is 0 Å². The fourth-order valence-corrected chi connectivity index (χ4v) is 4.18. The summed E-state index contributed by atoms with van der Waals surface area (Å²) < 4.78 is 6.62. The molecule has 2 nitrogen and oxygen atoms in total. The molecule has 1 aromatic carbocycles. The molecular weight excluding hydrogens is 322 g/mol. The second-order valence-electron chi connectivity index (χ2n) is 4.88. The van der Waals surface area contributed by atoms with Crippen molar-refractivity contribution >= 4 is 27.7 Å². The van der Waals surface area contributed by atoms with Crippen LogP contribution in [0.3, 0.4) is 0 Å². The van der Waals surface area contributed by atoms with E-state index in [0.717, 1.165) is 35.9 Å². The van der Waals surface area contributed by atoms with Gasteiger partial charge in [-0.2, -0.15) is 0 Å². The van der Waals surface area contributed by atoms with Crippen molar-refractivity contribution in [3.63, 3.8) is 0 Å². The predicted molar refractivity (Wildman–Crippen MR) is 85.9 cm³/mol. The zero-order valence-electron chi connectivity index (χ0n) is 11.4. The molecule has 0 aliphatic carbocycles. The van der Waals surface area contributed by atoms with Crippen LogP contribution < -0.4 is 5.32 Å². The molecule has 0 saturated carbocycles. The van der Waals surface area contributed by atoms with Gasteiger partial charge in [-0.15, -0.1) is 11.8 Å². The normalized spacial score (nSPS) is 18.4. The first-order valence-electron chi connectivity index (χ1n) is 6.99. The zero-order chi connectivity index (χ0) is 13.5. The predicted octanol–water partition coefficient (Wildman–Crippen LogP) is 3.95. The Balaban J connectivity index is 1.89. The fraction of sp³-hybridized carbons (Fsp3) is 0.600. The van der Waals surface area contributed by atoms with Gasteiger partial charge < -0.3 is 10.1 Å². The van der Waals surface area contributed by atoms with Gasteiger partial charge in [-0.3, -0.25) is 0 Å². The highest BCUT2D eigenvalue weighted by Crippen LogP contribution is 2.27. The lowest BCUT2D eigenvalue weighted by atomic mass is 9.93. The molecule has 19 heavy (non-hydrogen) atoms. The van der Waals surface area contributed by atoms with Crippen molar-refractivity contribution in [3.05, 3.63) is 28.7 Å². The highest BCUT2D eigenvalue weighted by Gasteiger charge is 2.23. The second-order valence-corrected chi connectivity index (χ2v) is 6.89. The quantitative estimate of drug-likeness (QED) is 0.790. The molecule has 0 radical (unpaired) electrons. The topological polar surface area (TPSA) is 21.3 Å². The van der Waals surface area contributed by atoms with E-state index in [4.69, 9.17) is 4.74 Å². The molecule has 1 aromatic rings. The van der Waals surface area contributed by atoms with Crippen LogP contribution in [-0.4, -0.2) is 31.6 Å². The first kappa shape index (κ1) is 15.4. The minimum Gasteiger partial charge on any atom is -0.381 e. The number of ether oxygens (including phenoxy) is 1. The second kappa shape index (κ2) is 8.30. The van der Waals surface area contributed by atoms with E-state index in [1.165, 1.54) is 17.7 Å². The van der Waals surface area contributed by atoms with E-state index in [2.05, 4.69) is 52.4 Å². The molecule has 0 bridgehead atoms. The first-order valence-corrected chi connectivity index (χ1v) is 8.77. The summed E-state index contributed by atoms with van der Waals surface area (Å²) >= 11 is 5.47. The molecule has 0 spiro atoms. The van der Waals surface area contributed by atoms with Crippen LogP contribution in [0.2, 0.25) is 0 Å². The van der Waals surface area contributed by atoms with Gasteiger partial charge in [0.25, 0.3) is 0 Å².